The van der Waals surface area contributed by atoms with Crippen LogP contribution in [-0.2, 0) is 16.1 Å². The normalized spacial score (nSPS) is 11.2. The molecule has 0 aliphatic rings. The van der Waals surface area contributed by atoms with Gasteiger partial charge in [0.1, 0.15) is 22.4 Å². The molecule has 138 valence electrons. The number of thioether (sulfide) groups is 1. The van der Waals surface area contributed by atoms with E-state index in [0.717, 1.165) is 21.9 Å². The van der Waals surface area contributed by atoms with E-state index in [9.17, 15) is 14.9 Å². The highest BCUT2D eigenvalue weighted by Crippen LogP contribution is 2.25. The summed E-state index contributed by atoms with van der Waals surface area (Å²) in [7, 11) is 0. The number of carbonyl (C=O) groups is 1. The van der Waals surface area contributed by atoms with Crippen LogP contribution in [0.25, 0.3) is 17.0 Å². The molecule has 3 rings (SSSR count). The Hall–Kier alpha value is -2.84. The molecule has 0 atom stereocenters. The number of benzene rings is 1. The van der Waals surface area contributed by atoms with Gasteiger partial charge in [-0.15, -0.1) is 11.8 Å². The van der Waals surface area contributed by atoms with Crippen molar-refractivity contribution in [3.8, 4) is 0 Å². The van der Waals surface area contributed by atoms with Crippen LogP contribution >= 0.6 is 23.4 Å². The van der Waals surface area contributed by atoms with E-state index in [1.807, 2.05) is 30.5 Å². The standard InChI is InChI=1S/C18H13ClN2O5S/c1-27-14-5-2-11-8-12(18(19)20-15(11)9-14)10-25-17(22)7-4-13-3-6-16(26-13)21(23)24/h2-9H,10H2,1H3/b7-4+. The van der Waals surface area contributed by atoms with Crippen molar-refractivity contribution in [1.82, 2.24) is 4.98 Å². The number of carbonyl (C=O) groups excluding carboxylic acids is 1. The Balaban J connectivity index is 1.66. The van der Waals surface area contributed by atoms with E-state index >= 15 is 0 Å². The van der Waals surface area contributed by atoms with Gasteiger partial charge in [0.05, 0.1) is 11.6 Å². The van der Waals surface area contributed by atoms with Crippen LogP contribution in [0.2, 0.25) is 5.15 Å². The summed E-state index contributed by atoms with van der Waals surface area (Å²) in [5, 5.41) is 11.7. The van der Waals surface area contributed by atoms with E-state index in [-0.39, 0.29) is 17.5 Å². The van der Waals surface area contributed by atoms with Gasteiger partial charge in [0.15, 0.2) is 0 Å². The van der Waals surface area contributed by atoms with Gasteiger partial charge in [-0.25, -0.2) is 9.78 Å². The maximum absolute atomic E-state index is 11.8. The lowest BCUT2D eigenvalue weighted by Crippen LogP contribution is -2.02. The molecule has 9 heteroatoms. The number of furan rings is 1. The van der Waals surface area contributed by atoms with Gasteiger partial charge in [-0.2, -0.15) is 0 Å². The van der Waals surface area contributed by atoms with Gasteiger partial charge >= 0.3 is 11.9 Å². The number of fused-ring (bicyclic) bond motifs is 1. The Kier molecular flexibility index (Phi) is 5.78. The number of nitro groups is 1. The molecule has 0 bridgehead atoms. The molecule has 0 aliphatic carbocycles. The molecule has 2 aromatic heterocycles. The SMILES string of the molecule is CSc1ccc2cc(COC(=O)/C=C/c3ccc([N+](=O)[O-])o3)c(Cl)nc2c1. The number of halogens is 1. The van der Waals surface area contributed by atoms with Gasteiger partial charge in [-0.05, 0) is 36.6 Å². The Morgan fingerprint density at radius 2 is 2.19 bits per heavy atom. The minimum Gasteiger partial charge on any atom is -0.458 e. The molecule has 0 radical (unpaired) electrons. The van der Waals surface area contributed by atoms with Crippen LogP contribution in [0.15, 0.2) is 51.8 Å². The summed E-state index contributed by atoms with van der Waals surface area (Å²) >= 11 is 7.79. The predicted octanol–water partition coefficient (Wildman–Crippen LogP) is 4.87. The summed E-state index contributed by atoms with van der Waals surface area (Å²) in [4.78, 5) is 27.1. The van der Waals surface area contributed by atoms with E-state index in [1.165, 1.54) is 18.2 Å². The van der Waals surface area contributed by atoms with Crippen LogP contribution in [-0.4, -0.2) is 22.1 Å². The van der Waals surface area contributed by atoms with Crippen LogP contribution in [0.5, 0.6) is 0 Å². The van der Waals surface area contributed by atoms with Crippen LogP contribution in [0.1, 0.15) is 11.3 Å². The molecule has 0 unspecified atom stereocenters. The van der Waals surface area contributed by atoms with Crippen LogP contribution in [0, 0.1) is 10.1 Å². The first-order valence-corrected chi connectivity index (χ1v) is 9.29. The molecule has 0 N–H and O–H groups in total. The summed E-state index contributed by atoms with van der Waals surface area (Å²) in [6.07, 6.45) is 4.39. The van der Waals surface area contributed by atoms with Crippen molar-refractivity contribution in [3.05, 3.63) is 69.1 Å². The molecule has 0 saturated heterocycles. The van der Waals surface area contributed by atoms with E-state index < -0.39 is 16.8 Å². The summed E-state index contributed by atoms with van der Waals surface area (Å²) in [6.45, 7) is -0.0481. The highest BCUT2D eigenvalue weighted by atomic mass is 35.5. The third kappa shape index (κ3) is 4.66. The smallest absolute Gasteiger partial charge is 0.433 e. The van der Waals surface area contributed by atoms with Crippen molar-refractivity contribution >= 4 is 52.2 Å². The number of aromatic nitrogens is 1. The Morgan fingerprint density at radius 3 is 2.89 bits per heavy atom. The van der Waals surface area contributed by atoms with Gasteiger partial charge in [0.25, 0.3) is 0 Å². The molecular weight excluding hydrogens is 392 g/mol. The van der Waals surface area contributed by atoms with Crippen molar-refractivity contribution in [2.24, 2.45) is 0 Å². The molecule has 0 saturated carbocycles. The minimum absolute atomic E-state index is 0.0481. The third-order valence-corrected chi connectivity index (χ3v) is 4.65. The van der Waals surface area contributed by atoms with Gasteiger partial charge in [0, 0.05) is 21.9 Å². The molecule has 3 aromatic rings. The van der Waals surface area contributed by atoms with Crippen molar-refractivity contribution in [2.45, 2.75) is 11.5 Å². The predicted molar refractivity (Wildman–Crippen MR) is 103 cm³/mol. The molecule has 2 heterocycles. The maximum Gasteiger partial charge on any atom is 0.433 e. The van der Waals surface area contributed by atoms with Crippen LogP contribution in [0.3, 0.4) is 0 Å². The fourth-order valence-electron chi connectivity index (χ4n) is 2.27. The average molecular weight is 405 g/mol. The first-order valence-electron chi connectivity index (χ1n) is 7.68. The number of hydrogen-bond donors (Lipinski definition) is 0. The molecule has 7 nitrogen and oxygen atoms in total. The zero-order chi connectivity index (χ0) is 19.4. The number of rotatable bonds is 6. The third-order valence-electron chi connectivity index (χ3n) is 3.60. The fraction of sp³-hybridized carbons (Fsp3) is 0.111. The topological polar surface area (TPSA) is 95.5 Å². The summed E-state index contributed by atoms with van der Waals surface area (Å²) < 4.78 is 10.1. The summed E-state index contributed by atoms with van der Waals surface area (Å²) in [5.41, 5.74) is 1.35. The summed E-state index contributed by atoms with van der Waals surface area (Å²) in [5.74, 6) is -0.863. The lowest BCUT2D eigenvalue weighted by molar-refractivity contribution is -0.402. The second-order valence-corrected chi connectivity index (χ2v) is 6.61. The second-order valence-electron chi connectivity index (χ2n) is 5.37. The largest absolute Gasteiger partial charge is 0.458 e. The zero-order valence-corrected chi connectivity index (χ0v) is 15.6. The second kappa shape index (κ2) is 8.24. The number of hydrogen-bond acceptors (Lipinski definition) is 7. The van der Waals surface area contributed by atoms with E-state index in [2.05, 4.69) is 4.98 Å². The van der Waals surface area contributed by atoms with E-state index in [1.54, 1.807) is 11.8 Å². The number of esters is 1. The van der Waals surface area contributed by atoms with Gasteiger partial charge in [0.2, 0.25) is 0 Å². The molecule has 1 aromatic carbocycles. The monoisotopic (exact) mass is 404 g/mol. The maximum atomic E-state index is 11.8. The van der Waals surface area contributed by atoms with Crippen molar-refractivity contribution < 1.29 is 18.9 Å². The van der Waals surface area contributed by atoms with E-state index in [4.69, 9.17) is 20.8 Å². The first kappa shape index (κ1) is 18.9. The van der Waals surface area contributed by atoms with E-state index in [0.29, 0.717) is 5.56 Å². The van der Waals surface area contributed by atoms with Crippen LogP contribution < -0.4 is 0 Å². The lowest BCUT2D eigenvalue weighted by atomic mass is 10.2. The zero-order valence-electron chi connectivity index (χ0n) is 14.0. The lowest BCUT2D eigenvalue weighted by Gasteiger charge is -2.07. The number of nitrogens with zero attached hydrogens (tertiary/aromatic N) is 2. The molecule has 0 spiro atoms. The number of pyridine rings is 1. The molecule has 0 fully saturated rings. The fourth-order valence-corrected chi connectivity index (χ4v) is 2.91. The number of ether oxygens (including phenoxy) is 1. The van der Waals surface area contributed by atoms with Gasteiger partial charge in [-0.1, -0.05) is 17.7 Å². The van der Waals surface area contributed by atoms with Crippen molar-refractivity contribution in [2.75, 3.05) is 6.26 Å². The molecular formula is C18H13ClN2O5S. The van der Waals surface area contributed by atoms with Crippen molar-refractivity contribution in [3.63, 3.8) is 0 Å². The minimum atomic E-state index is -0.660. The van der Waals surface area contributed by atoms with Crippen molar-refractivity contribution in [1.29, 1.82) is 0 Å². The quantitative estimate of drug-likeness (QED) is 0.144. The Bertz CT molecular complexity index is 1050. The Morgan fingerprint density at radius 1 is 1.37 bits per heavy atom. The summed E-state index contributed by atoms with van der Waals surface area (Å²) in [6, 6.07) is 10.3. The highest BCUT2D eigenvalue weighted by molar-refractivity contribution is 7.98. The highest BCUT2D eigenvalue weighted by Gasteiger charge is 2.11. The first-order chi connectivity index (χ1) is 13.0. The van der Waals surface area contributed by atoms with Crippen LogP contribution in [0.4, 0.5) is 5.88 Å². The molecule has 0 amide bonds. The van der Waals surface area contributed by atoms with Gasteiger partial charge in [-0.3, -0.25) is 10.1 Å². The average Bonchev–Trinajstić information content (AvgIpc) is 3.13. The van der Waals surface area contributed by atoms with Gasteiger partial charge < -0.3 is 9.15 Å². The molecule has 27 heavy (non-hydrogen) atoms. The Labute approximate surface area is 163 Å². The molecule has 0 aliphatic heterocycles.